The SMILES string of the molecule is Cc1cc(NC(=O)c2ccc(Cl)o2)ncc1Br. The molecular formula is C11H8BrClN2O2. The van der Waals surface area contributed by atoms with E-state index in [0.29, 0.717) is 5.82 Å². The van der Waals surface area contributed by atoms with Gasteiger partial charge in [-0.1, -0.05) is 0 Å². The van der Waals surface area contributed by atoms with Crippen molar-refractivity contribution in [2.75, 3.05) is 5.32 Å². The van der Waals surface area contributed by atoms with Crippen molar-refractivity contribution in [2.24, 2.45) is 0 Å². The summed E-state index contributed by atoms with van der Waals surface area (Å²) in [6.45, 7) is 1.91. The Balaban J connectivity index is 2.15. The number of carbonyl (C=O) groups is 1. The molecule has 2 rings (SSSR count). The maximum absolute atomic E-state index is 11.7. The molecule has 0 unspecified atom stereocenters. The fraction of sp³-hybridized carbons (Fsp3) is 0.0909. The maximum Gasteiger partial charge on any atom is 0.292 e. The fourth-order valence-corrected chi connectivity index (χ4v) is 1.58. The molecule has 0 aliphatic rings. The second-order valence-electron chi connectivity index (χ2n) is 3.38. The summed E-state index contributed by atoms with van der Waals surface area (Å²) >= 11 is 8.92. The van der Waals surface area contributed by atoms with E-state index < -0.39 is 0 Å². The van der Waals surface area contributed by atoms with E-state index >= 15 is 0 Å². The van der Waals surface area contributed by atoms with Crippen LogP contribution in [0.4, 0.5) is 5.82 Å². The smallest absolute Gasteiger partial charge is 0.292 e. The first kappa shape index (κ1) is 12.1. The molecule has 1 amide bonds. The minimum absolute atomic E-state index is 0.150. The largest absolute Gasteiger partial charge is 0.440 e. The molecule has 0 saturated heterocycles. The van der Waals surface area contributed by atoms with E-state index in [1.807, 2.05) is 6.92 Å². The first-order valence-electron chi connectivity index (χ1n) is 4.75. The minimum atomic E-state index is -0.383. The molecule has 0 radical (unpaired) electrons. The zero-order valence-corrected chi connectivity index (χ0v) is 11.2. The van der Waals surface area contributed by atoms with Crippen molar-refractivity contribution in [1.82, 2.24) is 4.98 Å². The molecule has 6 heteroatoms. The summed E-state index contributed by atoms with van der Waals surface area (Å²) in [7, 11) is 0. The third-order valence-electron chi connectivity index (χ3n) is 2.09. The van der Waals surface area contributed by atoms with Crippen LogP contribution in [0.2, 0.25) is 5.22 Å². The summed E-state index contributed by atoms with van der Waals surface area (Å²) in [5, 5.41) is 2.79. The van der Waals surface area contributed by atoms with Crippen LogP contribution in [-0.4, -0.2) is 10.9 Å². The molecule has 0 aliphatic heterocycles. The Morgan fingerprint density at radius 2 is 2.29 bits per heavy atom. The molecule has 0 fully saturated rings. The van der Waals surface area contributed by atoms with Gasteiger partial charge in [-0.25, -0.2) is 4.98 Å². The molecule has 0 bridgehead atoms. The van der Waals surface area contributed by atoms with Crippen molar-refractivity contribution in [3.05, 3.63) is 45.4 Å². The number of nitrogens with zero attached hydrogens (tertiary/aromatic N) is 1. The van der Waals surface area contributed by atoms with E-state index in [1.165, 1.54) is 12.1 Å². The van der Waals surface area contributed by atoms with Gasteiger partial charge in [-0.3, -0.25) is 4.79 Å². The number of nitrogens with one attached hydrogen (secondary N) is 1. The lowest BCUT2D eigenvalue weighted by molar-refractivity contribution is 0.0996. The van der Waals surface area contributed by atoms with Gasteiger partial charge in [0, 0.05) is 10.7 Å². The standard InChI is InChI=1S/C11H8BrClN2O2/c1-6-4-10(14-5-7(6)12)15-11(16)8-2-3-9(13)17-8/h2-5H,1H3,(H,14,15,16). The summed E-state index contributed by atoms with van der Waals surface area (Å²) in [6.07, 6.45) is 1.63. The highest BCUT2D eigenvalue weighted by Crippen LogP contribution is 2.18. The van der Waals surface area contributed by atoms with Crippen LogP contribution in [0.1, 0.15) is 16.1 Å². The molecule has 1 N–H and O–H groups in total. The van der Waals surface area contributed by atoms with Crippen LogP contribution in [0.25, 0.3) is 0 Å². The van der Waals surface area contributed by atoms with Crippen molar-refractivity contribution in [1.29, 1.82) is 0 Å². The van der Waals surface area contributed by atoms with Gasteiger partial charge in [-0.2, -0.15) is 0 Å². The monoisotopic (exact) mass is 314 g/mol. The van der Waals surface area contributed by atoms with Gasteiger partial charge in [0.15, 0.2) is 11.0 Å². The zero-order chi connectivity index (χ0) is 12.4. The number of pyridine rings is 1. The Kier molecular flexibility index (Phi) is 3.49. The van der Waals surface area contributed by atoms with Crippen LogP contribution >= 0.6 is 27.5 Å². The van der Waals surface area contributed by atoms with Gasteiger partial charge in [0.05, 0.1) is 0 Å². The predicted molar refractivity (Wildman–Crippen MR) is 68.3 cm³/mol. The topological polar surface area (TPSA) is 55.1 Å². The highest BCUT2D eigenvalue weighted by Gasteiger charge is 2.11. The quantitative estimate of drug-likeness (QED) is 0.920. The summed E-state index contributed by atoms with van der Waals surface area (Å²) in [6, 6.07) is 4.77. The van der Waals surface area contributed by atoms with Crippen LogP contribution in [0.15, 0.2) is 33.3 Å². The van der Waals surface area contributed by atoms with E-state index in [-0.39, 0.29) is 16.9 Å². The van der Waals surface area contributed by atoms with Crippen LogP contribution < -0.4 is 5.32 Å². The number of halogens is 2. The third kappa shape index (κ3) is 2.87. The van der Waals surface area contributed by atoms with Gasteiger partial charge in [-0.05, 0) is 58.2 Å². The lowest BCUT2D eigenvalue weighted by Gasteiger charge is -2.04. The number of aryl methyl sites for hydroxylation is 1. The number of aromatic nitrogens is 1. The van der Waals surface area contributed by atoms with Crippen molar-refractivity contribution >= 4 is 39.3 Å². The van der Waals surface area contributed by atoms with E-state index in [0.717, 1.165) is 10.0 Å². The maximum atomic E-state index is 11.7. The number of carbonyl (C=O) groups excluding carboxylic acids is 1. The molecule has 4 nitrogen and oxygen atoms in total. The van der Waals surface area contributed by atoms with Gasteiger partial charge in [0.25, 0.3) is 5.91 Å². The van der Waals surface area contributed by atoms with Gasteiger partial charge < -0.3 is 9.73 Å². The summed E-state index contributed by atoms with van der Waals surface area (Å²) in [5.74, 6) is 0.228. The van der Waals surface area contributed by atoms with Crippen molar-refractivity contribution in [2.45, 2.75) is 6.92 Å². The number of rotatable bonds is 2. The summed E-state index contributed by atoms with van der Waals surface area (Å²) in [5.41, 5.74) is 0.979. The molecule has 0 spiro atoms. The number of amides is 1. The molecule has 0 aromatic carbocycles. The normalized spacial score (nSPS) is 10.3. The third-order valence-corrected chi connectivity index (χ3v) is 3.12. The first-order chi connectivity index (χ1) is 8.06. The fourth-order valence-electron chi connectivity index (χ4n) is 1.22. The Morgan fingerprint density at radius 3 is 2.88 bits per heavy atom. The van der Waals surface area contributed by atoms with Crippen molar-refractivity contribution < 1.29 is 9.21 Å². The first-order valence-corrected chi connectivity index (χ1v) is 5.92. The second-order valence-corrected chi connectivity index (χ2v) is 4.60. The lowest BCUT2D eigenvalue weighted by Crippen LogP contribution is -2.12. The van der Waals surface area contributed by atoms with E-state index in [9.17, 15) is 4.79 Å². The average Bonchev–Trinajstić information content (AvgIpc) is 2.70. The lowest BCUT2D eigenvalue weighted by atomic mass is 10.3. The molecule has 0 atom stereocenters. The van der Waals surface area contributed by atoms with Crippen LogP contribution in [0, 0.1) is 6.92 Å². The molecule has 2 aromatic rings. The molecule has 17 heavy (non-hydrogen) atoms. The Labute approximate surface area is 111 Å². The van der Waals surface area contributed by atoms with Gasteiger partial charge in [0.2, 0.25) is 0 Å². The van der Waals surface area contributed by atoms with Gasteiger partial charge >= 0.3 is 0 Å². The van der Waals surface area contributed by atoms with Gasteiger partial charge in [0.1, 0.15) is 5.82 Å². The number of hydrogen-bond acceptors (Lipinski definition) is 3. The Hall–Kier alpha value is -1.33. The van der Waals surface area contributed by atoms with E-state index in [1.54, 1.807) is 12.3 Å². The highest BCUT2D eigenvalue weighted by atomic mass is 79.9. The number of anilines is 1. The van der Waals surface area contributed by atoms with E-state index in [4.69, 9.17) is 16.0 Å². The molecule has 2 heterocycles. The van der Waals surface area contributed by atoms with E-state index in [2.05, 4.69) is 26.2 Å². The molecule has 0 saturated carbocycles. The van der Waals surface area contributed by atoms with Crippen molar-refractivity contribution in [3.63, 3.8) is 0 Å². The molecule has 0 aliphatic carbocycles. The van der Waals surface area contributed by atoms with Crippen LogP contribution in [0.5, 0.6) is 0 Å². The Bertz CT molecular complexity index is 568. The number of hydrogen-bond donors (Lipinski definition) is 1. The summed E-state index contributed by atoms with van der Waals surface area (Å²) in [4.78, 5) is 15.8. The Morgan fingerprint density at radius 1 is 1.53 bits per heavy atom. The minimum Gasteiger partial charge on any atom is -0.440 e. The van der Waals surface area contributed by atoms with Crippen LogP contribution in [0.3, 0.4) is 0 Å². The predicted octanol–water partition coefficient (Wildman–Crippen LogP) is 3.65. The second kappa shape index (κ2) is 4.89. The highest BCUT2D eigenvalue weighted by molar-refractivity contribution is 9.10. The van der Waals surface area contributed by atoms with Crippen molar-refractivity contribution in [3.8, 4) is 0 Å². The van der Waals surface area contributed by atoms with Crippen LogP contribution in [-0.2, 0) is 0 Å². The molecular weight excluding hydrogens is 307 g/mol. The number of furan rings is 1. The molecule has 88 valence electrons. The molecule has 2 aromatic heterocycles. The zero-order valence-electron chi connectivity index (χ0n) is 8.83. The summed E-state index contributed by atoms with van der Waals surface area (Å²) < 4.78 is 5.87. The average molecular weight is 316 g/mol. The van der Waals surface area contributed by atoms with Gasteiger partial charge in [-0.15, -0.1) is 0 Å².